The fourth-order valence-corrected chi connectivity index (χ4v) is 1.96. The van der Waals surface area contributed by atoms with Gasteiger partial charge in [-0.15, -0.1) is 0 Å². The maximum Gasteiger partial charge on any atom is 0.319 e. The summed E-state index contributed by atoms with van der Waals surface area (Å²) in [7, 11) is 1.41. The van der Waals surface area contributed by atoms with Crippen LogP contribution in [-0.4, -0.2) is 50.2 Å². The number of likely N-dealkylation sites (N-methyl/N-ethyl adjacent to an activating group) is 1. The van der Waals surface area contributed by atoms with Gasteiger partial charge < -0.3 is 10.1 Å². The van der Waals surface area contributed by atoms with E-state index >= 15 is 0 Å². The topological polar surface area (TPSA) is 41.6 Å². The normalized spacial score (nSPS) is 22.6. The summed E-state index contributed by atoms with van der Waals surface area (Å²) < 4.78 is 4.55. The Morgan fingerprint density at radius 2 is 2.43 bits per heavy atom. The number of likely N-dealkylation sites (tertiary alicyclic amines) is 1. The summed E-state index contributed by atoms with van der Waals surface area (Å²) in [6.07, 6.45) is 2.51. The molecule has 0 spiro atoms. The number of esters is 1. The predicted molar refractivity (Wildman–Crippen MR) is 55.2 cm³/mol. The van der Waals surface area contributed by atoms with E-state index in [1.165, 1.54) is 26.5 Å². The number of carbonyl (C=O) groups excluding carboxylic acids is 1. The Hall–Kier alpha value is -0.610. The second-order valence-electron chi connectivity index (χ2n) is 3.63. The molecule has 0 bridgehead atoms. The highest BCUT2D eigenvalue weighted by molar-refractivity contribution is 5.71. The molecule has 1 rings (SSSR count). The average molecular weight is 200 g/mol. The van der Waals surface area contributed by atoms with Crippen molar-refractivity contribution < 1.29 is 9.53 Å². The molecule has 1 unspecified atom stereocenters. The van der Waals surface area contributed by atoms with Crippen molar-refractivity contribution in [3.05, 3.63) is 0 Å². The van der Waals surface area contributed by atoms with Gasteiger partial charge in [0.2, 0.25) is 0 Å². The summed E-state index contributed by atoms with van der Waals surface area (Å²) in [5, 5.41) is 3.13. The summed E-state index contributed by atoms with van der Waals surface area (Å²) in [5.41, 5.74) is 0. The molecule has 1 atom stereocenters. The highest BCUT2D eigenvalue weighted by Crippen LogP contribution is 2.15. The first-order chi connectivity index (χ1) is 6.77. The van der Waals surface area contributed by atoms with Gasteiger partial charge in [0.05, 0.1) is 13.7 Å². The van der Waals surface area contributed by atoms with Crippen molar-refractivity contribution in [2.75, 3.05) is 33.3 Å². The quantitative estimate of drug-likeness (QED) is 0.645. The second kappa shape index (κ2) is 5.98. The van der Waals surface area contributed by atoms with Crippen LogP contribution in [0.3, 0.4) is 0 Å². The summed E-state index contributed by atoms with van der Waals surface area (Å²) in [5.74, 6) is -0.189. The summed E-state index contributed by atoms with van der Waals surface area (Å²) in [6, 6.07) is 0.602. The number of ether oxygens (including phenoxy) is 1. The largest absolute Gasteiger partial charge is 0.468 e. The maximum atomic E-state index is 10.8. The molecule has 1 aliphatic heterocycles. The molecule has 0 aromatic heterocycles. The molecule has 4 heteroatoms. The number of carbonyl (C=O) groups is 1. The Balaban J connectivity index is 2.14. The van der Waals surface area contributed by atoms with Crippen LogP contribution in [0.25, 0.3) is 0 Å². The van der Waals surface area contributed by atoms with E-state index in [1.807, 2.05) is 0 Å². The van der Waals surface area contributed by atoms with Crippen molar-refractivity contribution in [3.63, 3.8) is 0 Å². The molecule has 1 saturated heterocycles. The zero-order chi connectivity index (χ0) is 10.4. The van der Waals surface area contributed by atoms with Crippen LogP contribution in [0.1, 0.15) is 19.8 Å². The van der Waals surface area contributed by atoms with Crippen LogP contribution in [0.2, 0.25) is 0 Å². The molecule has 0 aromatic carbocycles. The SMILES string of the molecule is CCN1CCCC1CNCC(=O)OC. The van der Waals surface area contributed by atoms with Gasteiger partial charge in [0, 0.05) is 12.6 Å². The van der Waals surface area contributed by atoms with Gasteiger partial charge in [-0.1, -0.05) is 6.92 Å². The third-order valence-corrected chi connectivity index (χ3v) is 2.78. The maximum absolute atomic E-state index is 10.8. The van der Waals surface area contributed by atoms with E-state index in [0.717, 1.165) is 13.1 Å². The van der Waals surface area contributed by atoms with Crippen LogP contribution >= 0.6 is 0 Å². The molecule has 1 heterocycles. The van der Waals surface area contributed by atoms with Gasteiger partial charge in [-0.05, 0) is 25.9 Å². The number of methoxy groups -OCH3 is 1. The fourth-order valence-electron chi connectivity index (χ4n) is 1.96. The molecule has 1 fully saturated rings. The predicted octanol–water partition coefficient (Wildman–Crippen LogP) is 0.233. The first-order valence-corrected chi connectivity index (χ1v) is 5.29. The van der Waals surface area contributed by atoms with Crippen LogP contribution in [-0.2, 0) is 9.53 Å². The molecule has 1 aliphatic rings. The number of hydrogen-bond donors (Lipinski definition) is 1. The lowest BCUT2D eigenvalue weighted by Crippen LogP contribution is -2.39. The third kappa shape index (κ3) is 3.27. The van der Waals surface area contributed by atoms with E-state index in [9.17, 15) is 4.79 Å². The Morgan fingerprint density at radius 1 is 1.64 bits per heavy atom. The minimum atomic E-state index is -0.189. The van der Waals surface area contributed by atoms with Crippen molar-refractivity contribution >= 4 is 5.97 Å². The molecule has 1 N–H and O–H groups in total. The van der Waals surface area contributed by atoms with E-state index < -0.39 is 0 Å². The average Bonchev–Trinajstić information content (AvgIpc) is 2.65. The molecule has 0 amide bonds. The molecular weight excluding hydrogens is 180 g/mol. The zero-order valence-electron chi connectivity index (χ0n) is 9.08. The Labute approximate surface area is 85.6 Å². The molecule has 14 heavy (non-hydrogen) atoms. The molecule has 0 radical (unpaired) electrons. The van der Waals surface area contributed by atoms with E-state index in [1.54, 1.807) is 0 Å². The molecular formula is C10H20N2O2. The molecule has 4 nitrogen and oxygen atoms in total. The van der Waals surface area contributed by atoms with Crippen molar-refractivity contribution in [3.8, 4) is 0 Å². The van der Waals surface area contributed by atoms with Crippen molar-refractivity contribution in [1.29, 1.82) is 0 Å². The van der Waals surface area contributed by atoms with Crippen LogP contribution in [0.4, 0.5) is 0 Å². The number of rotatable bonds is 5. The van der Waals surface area contributed by atoms with E-state index in [0.29, 0.717) is 12.6 Å². The van der Waals surface area contributed by atoms with Crippen LogP contribution in [0.5, 0.6) is 0 Å². The van der Waals surface area contributed by atoms with Gasteiger partial charge in [0.1, 0.15) is 0 Å². The van der Waals surface area contributed by atoms with Crippen LogP contribution in [0, 0.1) is 0 Å². The van der Waals surface area contributed by atoms with Gasteiger partial charge in [0.15, 0.2) is 0 Å². The number of hydrogen-bond acceptors (Lipinski definition) is 4. The lowest BCUT2D eigenvalue weighted by molar-refractivity contribution is -0.139. The minimum absolute atomic E-state index is 0.189. The van der Waals surface area contributed by atoms with Gasteiger partial charge in [-0.3, -0.25) is 9.69 Å². The highest BCUT2D eigenvalue weighted by Gasteiger charge is 2.22. The first-order valence-electron chi connectivity index (χ1n) is 5.29. The van der Waals surface area contributed by atoms with E-state index in [4.69, 9.17) is 0 Å². The lowest BCUT2D eigenvalue weighted by atomic mass is 10.2. The summed E-state index contributed by atoms with van der Waals surface area (Å²) in [6.45, 7) is 5.69. The van der Waals surface area contributed by atoms with Crippen molar-refractivity contribution in [2.45, 2.75) is 25.8 Å². The fraction of sp³-hybridized carbons (Fsp3) is 0.900. The summed E-state index contributed by atoms with van der Waals surface area (Å²) >= 11 is 0. The van der Waals surface area contributed by atoms with Gasteiger partial charge >= 0.3 is 5.97 Å². The Kier molecular flexibility index (Phi) is 4.90. The van der Waals surface area contributed by atoms with Gasteiger partial charge in [-0.2, -0.15) is 0 Å². The van der Waals surface area contributed by atoms with Crippen LogP contribution < -0.4 is 5.32 Å². The molecule has 0 saturated carbocycles. The summed E-state index contributed by atoms with van der Waals surface area (Å²) in [4.78, 5) is 13.3. The Bertz CT molecular complexity index is 185. The molecule has 0 aliphatic carbocycles. The van der Waals surface area contributed by atoms with Crippen molar-refractivity contribution in [2.24, 2.45) is 0 Å². The first kappa shape index (κ1) is 11.5. The lowest BCUT2D eigenvalue weighted by Gasteiger charge is -2.22. The van der Waals surface area contributed by atoms with E-state index in [2.05, 4.69) is 21.9 Å². The second-order valence-corrected chi connectivity index (χ2v) is 3.63. The zero-order valence-corrected chi connectivity index (χ0v) is 9.08. The van der Waals surface area contributed by atoms with E-state index in [-0.39, 0.29) is 5.97 Å². The number of nitrogens with one attached hydrogen (secondary N) is 1. The van der Waals surface area contributed by atoms with Gasteiger partial charge in [0.25, 0.3) is 0 Å². The number of nitrogens with zero attached hydrogens (tertiary/aromatic N) is 1. The van der Waals surface area contributed by atoms with Gasteiger partial charge in [-0.25, -0.2) is 0 Å². The third-order valence-electron chi connectivity index (χ3n) is 2.78. The monoisotopic (exact) mass is 200 g/mol. The molecule has 82 valence electrons. The minimum Gasteiger partial charge on any atom is -0.468 e. The highest BCUT2D eigenvalue weighted by atomic mass is 16.5. The van der Waals surface area contributed by atoms with Crippen molar-refractivity contribution in [1.82, 2.24) is 10.2 Å². The van der Waals surface area contributed by atoms with Crippen LogP contribution in [0.15, 0.2) is 0 Å². The smallest absolute Gasteiger partial charge is 0.319 e. The molecule has 0 aromatic rings. The standard InChI is InChI=1S/C10H20N2O2/c1-3-12-6-4-5-9(12)7-11-8-10(13)14-2/h9,11H,3-8H2,1-2H3. The Morgan fingerprint density at radius 3 is 3.07 bits per heavy atom.